The van der Waals surface area contributed by atoms with E-state index in [1.807, 2.05) is 4.90 Å². The zero-order valence-electron chi connectivity index (χ0n) is 15.8. The molecule has 0 aromatic heterocycles. The first kappa shape index (κ1) is 20.6. The van der Waals surface area contributed by atoms with Crippen molar-refractivity contribution < 1.29 is 13.2 Å². The molecule has 0 spiro atoms. The van der Waals surface area contributed by atoms with E-state index in [-0.39, 0.29) is 15.8 Å². The molecule has 8 heteroatoms. The van der Waals surface area contributed by atoms with Crippen LogP contribution in [0.5, 0.6) is 0 Å². The maximum absolute atomic E-state index is 12.8. The number of hydrogen-bond donors (Lipinski definition) is 0. The van der Waals surface area contributed by atoms with Gasteiger partial charge in [-0.3, -0.25) is 9.69 Å². The van der Waals surface area contributed by atoms with Crippen molar-refractivity contribution in [3.05, 3.63) is 29.3 Å². The molecule has 1 atom stereocenters. The third kappa shape index (κ3) is 4.65. The Morgan fingerprint density at radius 2 is 1.81 bits per heavy atom. The van der Waals surface area contributed by atoms with Crippen LogP contribution in [0, 0.1) is 0 Å². The average Bonchev–Trinajstić information content (AvgIpc) is 2.68. The molecule has 2 saturated heterocycles. The van der Waals surface area contributed by atoms with E-state index in [1.54, 1.807) is 18.2 Å². The fourth-order valence-corrected chi connectivity index (χ4v) is 5.87. The minimum atomic E-state index is -3.60. The number of sulfonamides is 1. The number of piperidine rings is 1. The van der Waals surface area contributed by atoms with Crippen LogP contribution in [-0.4, -0.2) is 73.7 Å². The molecule has 0 radical (unpaired) electrons. The fourth-order valence-electron chi connectivity index (χ4n) is 3.96. The van der Waals surface area contributed by atoms with E-state index in [1.165, 1.54) is 16.8 Å². The second kappa shape index (κ2) is 8.90. The van der Waals surface area contributed by atoms with Gasteiger partial charge in [0, 0.05) is 38.8 Å². The van der Waals surface area contributed by atoms with E-state index >= 15 is 0 Å². The van der Waals surface area contributed by atoms with E-state index in [2.05, 4.69) is 11.8 Å². The number of likely N-dealkylation sites (tertiary alicyclic amines) is 1. The minimum Gasteiger partial charge on any atom is -0.339 e. The van der Waals surface area contributed by atoms with Gasteiger partial charge in [-0.25, -0.2) is 8.42 Å². The number of amides is 1. The van der Waals surface area contributed by atoms with Crippen molar-refractivity contribution in [2.45, 2.75) is 43.5 Å². The first-order chi connectivity index (χ1) is 12.9. The molecule has 0 unspecified atom stereocenters. The van der Waals surface area contributed by atoms with Gasteiger partial charge in [0.05, 0.1) is 11.6 Å². The molecule has 3 rings (SSSR count). The Morgan fingerprint density at radius 3 is 2.48 bits per heavy atom. The average molecular weight is 414 g/mol. The molecule has 27 heavy (non-hydrogen) atoms. The lowest BCUT2D eigenvalue weighted by Crippen LogP contribution is -2.53. The molecule has 0 bridgehead atoms. The third-order valence-electron chi connectivity index (χ3n) is 5.56. The normalized spacial score (nSPS) is 22.7. The van der Waals surface area contributed by atoms with Crippen LogP contribution >= 0.6 is 11.6 Å². The van der Waals surface area contributed by atoms with E-state index < -0.39 is 10.0 Å². The summed E-state index contributed by atoms with van der Waals surface area (Å²) in [4.78, 5) is 16.9. The predicted molar refractivity (Wildman–Crippen MR) is 106 cm³/mol. The quantitative estimate of drug-likeness (QED) is 0.743. The molecule has 2 fully saturated rings. The smallest absolute Gasteiger partial charge is 0.244 e. The van der Waals surface area contributed by atoms with Crippen LogP contribution in [0.3, 0.4) is 0 Å². The van der Waals surface area contributed by atoms with E-state index in [0.29, 0.717) is 38.8 Å². The summed E-state index contributed by atoms with van der Waals surface area (Å²) < 4.78 is 27.1. The lowest BCUT2D eigenvalue weighted by Gasteiger charge is -2.38. The summed E-state index contributed by atoms with van der Waals surface area (Å²) in [5, 5.41) is 0.241. The van der Waals surface area contributed by atoms with Crippen molar-refractivity contribution >= 4 is 27.5 Å². The van der Waals surface area contributed by atoms with Gasteiger partial charge in [-0.2, -0.15) is 4.31 Å². The van der Waals surface area contributed by atoms with Gasteiger partial charge >= 0.3 is 0 Å². The van der Waals surface area contributed by atoms with Gasteiger partial charge in [0.15, 0.2) is 0 Å². The molecule has 0 N–H and O–H groups in total. The number of benzene rings is 1. The summed E-state index contributed by atoms with van der Waals surface area (Å²) in [5.74, 6) is 0.170. The topological polar surface area (TPSA) is 60.9 Å². The Bertz CT molecular complexity index is 763. The molecule has 150 valence electrons. The van der Waals surface area contributed by atoms with Crippen molar-refractivity contribution in [3.8, 4) is 0 Å². The first-order valence-electron chi connectivity index (χ1n) is 9.70. The Labute approximate surface area is 167 Å². The number of rotatable bonds is 5. The second-order valence-electron chi connectivity index (χ2n) is 7.26. The Kier molecular flexibility index (Phi) is 6.78. The molecule has 2 heterocycles. The van der Waals surface area contributed by atoms with Crippen molar-refractivity contribution in [1.29, 1.82) is 0 Å². The van der Waals surface area contributed by atoms with Crippen LogP contribution < -0.4 is 0 Å². The van der Waals surface area contributed by atoms with Crippen LogP contribution in [0.2, 0.25) is 5.02 Å². The number of hydrogen-bond acceptors (Lipinski definition) is 4. The summed E-state index contributed by atoms with van der Waals surface area (Å²) in [6, 6.07) is 6.88. The van der Waals surface area contributed by atoms with Crippen molar-refractivity contribution in [2.24, 2.45) is 0 Å². The van der Waals surface area contributed by atoms with Crippen LogP contribution in [-0.2, 0) is 14.8 Å². The standard InChI is InChI=1S/C19H28ClN3O3S/c1-2-16-7-5-6-10-23(16)19(24)15-21-11-13-22(14-12-21)27(25,26)18-9-4-3-8-17(18)20/h3-4,8-9,16H,2,5-7,10-15H2,1H3/t16-/m0/s1. The van der Waals surface area contributed by atoms with E-state index in [0.717, 1.165) is 25.8 Å². The number of carbonyl (C=O) groups is 1. The highest BCUT2D eigenvalue weighted by Crippen LogP contribution is 2.25. The fraction of sp³-hybridized carbons (Fsp3) is 0.632. The van der Waals surface area contributed by atoms with Gasteiger partial charge in [0.1, 0.15) is 4.90 Å². The lowest BCUT2D eigenvalue weighted by atomic mass is 10.00. The zero-order valence-corrected chi connectivity index (χ0v) is 17.4. The molecule has 6 nitrogen and oxygen atoms in total. The predicted octanol–water partition coefficient (Wildman–Crippen LogP) is 2.44. The van der Waals surface area contributed by atoms with Crippen molar-refractivity contribution in [2.75, 3.05) is 39.3 Å². The number of piperazine rings is 1. The minimum absolute atomic E-state index is 0.148. The summed E-state index contributed by atoms with van der Waals surface area (Å²) in [6.07, 6.45) is 4.36. The maximum atomic E-state index is 12.8. The molecular formula is C19H28ClN3O3S. The second-order valence-corrected chi connectivity index (χ2v) is 9.57. The van der Waals surface area contributed by atoms with Crippen LogP contribution in [0.15, 0.2) is 29.2 Å². The summed E-state index contributed by atoms with van der Waals surface area (Å²) in [6.45, 7) is 5.21. The zero-order chi connectivity index (χ0) is 19.4. The number of halogens is 1. The van der Waals surface area contributed by atoms with Crippen molar-refractivity contribution in [3.63, 3.8) is 0 Å². The highest BCUT2D eigenvalue weighted by molar-refractivity contribution is 7.89. The lowest BCUT2D eigenvalue weighted by molar-refractivity contribution is -0.136. The Balaban J connectivity index is 1.57. The molecule has 1 amide bonds. The molecule has 0 saturated carbocycles. The molecule has 0 aliphatic carbocycles. The maximum Gasteiger partial charge on any atom is 0.244 e. The van der Waals surface area contributed by atoms with Crippen LogP contribution in [0.4, 0.5) is 0 Å². The third-order valence-corrected chi connectivity index (χ3v) is 7.96. The SMILES string of the molecule is CC[C@H]1CCCCN1C(=O)CN1CCN(S(=O)(=O)c2ccccc2Cl)CC1. The highest BCUT2D eigenvalue weighted by atomic mass is 35.5. The van der Waals surface area contributed by atoms with Crippen LogP contribution in [0.25, 0.3) is 0 Å². The van der Waals surface area contributed by atoms with Crippen LogP contribution in [0.1, 0.15) is 32.6 Å². The largest absolute Gasteiger partial charge is 0.339 e. The number of nitrogens with zero attached hydrogens (tertiary/aromatic N) is 3. The van der Waals surface area contributed by atoms with Gasteiger partial charge in [-0.1, -0.05) is 30.7 Å². The van der Waals surface area contributed by atoms with Gasteiger partial charge in [-0.15, -0.1) is 0 Å². The van der Waals surface area contributed by atoms with Crippen molar-refractivity contribution in [1.82, 2.24) is 14.1 Å². The van der Waals surface area contributed by atoms with Gasteiger partial charge in [-0.05, 0) is 37.8 Å². The summed E-state index contributed by atoms with van der Waals surface area (Å²) in [7, 11) is -3.60. The summed E-state index contributed by atoms with van der Waals surface area (Å²) >= 11 is 6.07. The van der Waals surface area contributed by atoms with E-state index in [4.69, 9.17) is 11.6 Å². The molecule has 2 aliphatic rings. The monoisotopic (exact) mass is 413 g/mol. The molecule has 1 aromatic carbocycles. The molecule has 2 aliphatic heterocycles. The Hall–Kier alpha value is -1.15. The molecular weight excluding hydrogens is 386 g/mol. The molecule has 1 aromatic rings. The Morgan fingerprint density at radius 1 is 1.11 bits per heavy atom. The van der Waals surface area contributed by atoms with Gasteiger partial charge in [0.2, 0.25) is 15.9 Å². The first-order valence-corrected chi connectivity index (χ1v) is 11.5. The number of carbonyl (C=O) groups excluding carboxylic acids is 1. The van der Waals surface area contributed by atoms with Gasteiger partial charge in [0.25, 0.3) is 0 Å². The highest BCUT2D eigenvalue weighted by Gasteiger charge is 2.32. The summed E-state index contributed by atoms with van der Waals surface area (Å²) in [5.41, 5.74) is 0. The van der Waals surface area contributed by atoms with E-state index in [9.17, 15) is 13.2 Å². The van der Waals surface area contributed by atoms with Gasteiger partial charge < -0.3 is 4.90 Å².